The number of H-pyrrole nitrogens is 1. The first kappa shape index (κ1) is 19.0. The summed E-state index contributed by atoms with van der Waals surface area (Å²) in [6.45, 7) is 5.56. The highest BCUT2D eigenvalue weighted by Gasteiger charge is 2.22. The van der Waals surface area contributed by atoms with E-state index in [1.165, 1.54) is 11.8 Å². The maximum absolute atomic E-state index is 12.1. The van der Waals surface area contributed by atoms with Crippen molar-refractivity contribution in [1.82, 2.24) is 15.2 Å². The molecule has 132 valence electrons. The number of aryl methyl sites for hydroxylation is 1. The number of nitrogens with zero attached hydrogens (tertiary/aromatic N) is 3. The topological polar surface area (TPSA) is 121 Å². The second kappa shape index (κ2) is 8.64. The molecule has 2 aromatic rings. The molecule has 0 fully saturated rings. The van der Waals surface area contributed by atoms with Crippen molar-refractivity contribution in [3.8, 4) is 6.07 Å². The molecule has 0 aliphatic heterocycles. The van der Waals surface area contributed by atoms with Crippen LogP contribution in [0.25, 0.3) is 0 Å². The van der Waals surface area contributed by atoms with Crippen LogP contribution in [0.1, 0.15) is 40.5 Å². The monoisotopic (exact) mass is 379 g/mol. The van der Waals surface area contributed by atoms with Gasteiger partial charge in [0.25, 0.3) is 0 Å². The maximum Gasteiger partial charge on any atom is 0.348 e. The lowest BCUT2D eigenvalue weighted by molar-refractivity contribution is -0.113. The zero-order valence-corrected chi connectivity index (χ0v) is 15.6. The fourth-order valence-electron chi connectivity index (χ4n) is 1.92. The van der Waals surface area contributed by atoms with Crippen LogP contribution in [0, 0.1) is 18.3 Å². The molecule has 0 aromatic carbocycles. The number of esters is 1. The van der Waals surface area contributed by atoms with Crippen LogP contribution in [0.5, 0.6) is 0 Å². The number of nitriles is 1. The molecular formula is C15H17N5O3S2. The highest BCUT2D eigenvalue weighted by atomic mass is 32.2. The zero-order valence-electron chi connectivity index (χ0n) is 14.0. The third-order valence-corrected chi connectivity index (χ3v) is 5.19. The summed E-state index contributed by atoms with van der Waals surface area (Å²) in [6, 6.07) is 2.02. The van der Waals surface area contributed by atoms with Gasteiger partial charge in [-0.1, -0.05) is 18.7 Å². The van der Waals surface area contributed by atoms with Crippen LogP contribution in [0.4, 0.5) is 5.00 Å². The average molecular weight is 379 g/mol. The number of amides is 1. The van der Waals surface area contributed by atoms with Crippen LogP contribution in [0.3, 0.4) is 0 Å². The number of carbonyl (C=O) groups excluding carboxylic acids is 2. The minimum absolute atomic E-state index is 0.0948. The molecule has 0 unspecified atom stereocenters. The standard InChI is InChI=1S/C15H17N5O3S2/c1-4-10-17-15(20-19-10)24-7-11(21)18-13-9(6-16)8(3)12(25-13)14(22)23-5-2/h4-5,7H2,1-3H3,(H,18,21)(H,17,19,20). The van der Waals surface area contributed by atoms with Gasteiger partial charge in [-0.05, 0) is 19.4 Å². The molecular weight excluding hydrogens is 362 g/mol. The maximum atomic E-state index is 12.1. The average Bonchev–Trinajstić information content (AvgIpc) is 3.17. The van der Waals surface area contributed by atoms with Gasteiger partial charge in [-0.3, -0.25) is 9.89 Å². The van der Waals surface area contributed by atoms with Crippen molar-refractivity contribution in [2.24, 2.45) is 0 Å². The Labute approximate surface area is 153 Å². The van der Waals surface area contributed by atoms with Gasteiger partial charge in [0.2, 0.25) is 11.1 Å². The number of nitrogens with one attached hydrogen (secondary N) is 2. The van der Waals surface area contributed by atoms with Gasteiger partial charge >= 0.3 is 5.97 Å². The van der Waals surface area contributed by atoms with E-state index in [0.717, 1.165) is 23.6 Å². The van der Waals surface area contributed by atoms with Gasteiger partial charge in [-0.25, -0.2) is 9.78 Å². The summed E-state index contributed by atoms with van der Waals surface area (Å²) < 4.78 is 4.97. The van der Waals surface area contributed by atoms with E-state index in [1.807, 2.05) is 13.0 Å². The fraction of sp³-hybridized carbons (Fsp3) is 0.400. The first-order valence-electron chi connectivity index (χ1n) is 7.54. The summed E-state index contributed by atoms with van der Waals surface area (Å²) in [5.41, 5.74) is 0.785. The molecule has 25 heavy (non-hydrogen) atoms. The lowest BCUT2D eigenvalue weighted by Crippen LogP contribution is -2.14. The van der Waals surface area contributed by atoms with Crippen LogP contribution >= 0.6 is 23.1 Å². The Bertz CT molecular complexity index is 822. The van der Waals surface area contributed by atoms with Gasteiger partial charge in [0.05, 0.1) is 17.9 Å². The molecule has 0 saturated carbocycles. The second-order valence-corrected chi connectivity index (χ2v) is 6.81. The lowest BCUT2D eigenvalue weighted by Gasteiger charge is -2.01. The van der Waals surface area contributed by atoms with E-state index >= 15 is 0 Å². The van der Waals surface area contributed by atoms with E-state index in [-0.39, 0.29) is 23.8 Å². The van der Waals surface area contributed by atoms with Crippen LogP contribution in [-0.2, 0) is 16.0 Å². The molecule has 0 bridgehead atoms. The Kier molecular flexibility index (Phi) is 6.55. The van der Waals surface area contributed by atoms with Crippen LogP contribution in [0.2, 0.25) is 0 Å². The van der Waals surface area contributed by atoms with Crippen LogP contribution in [0.15, 0.2) is 5.16 Å². The molecule has 0 aliphatic carbocycles. The van der Waals surface area contributed by atoms with Gasteiger partial charge in [-0.15, -0.1) is 16.4 Å². The van der Waals surface area contributed by atoms with Crippen molar-refractivity contribution in [3.63, 3.8) is 0 Å². The summed E-state index contributed by atoms with van der Waals surface area (Å²) in [4.78, 5) is 28.6. The number of thioether (sulfide) groups is 1. The molecule has 0 saturated heterocycles. The smallest absolute Gasteiger partial charge is 0.348 e. The SMILES string of the molecule is CCOC(=O)c1sc(NC(=O)CSc2n[nH]c(CC)n2)c(C#N)c1C. The van der Waals surface area contributed by atoms with Crippen molar-refractivity contribution >= 4 is 40.0 Å². The Morgan fingerprint density at radius 1 is 1.44 bits per heavy atom. The summed E-state index contributed by atoms with van der Waals surface area (Å²) in [7, 11) is 0. The molecule has 2 aromatic heterocycles. The minimum atomic E-state index is -0.496. The Balaban J connectivity index is 2.05. The zero-order chi connectivity index (χ0) is 18.4. The number of rotatable bonds is 7. The number of aromatic amines is 1. The van der Waals surface area contributed by atoms with Crippen molar-refractivity contribution in [2.75, 3.05) is 17.7 Å². The first-order valence-corrected chi connectivity index (χ1v) is 9.34. The summed E-state index contributed by atoms with van der Waals surface area (Å²) in [6.07, 6.45) is 0.733. The predicted molar refractivity (Wildman–Crippen MR) is 94.8 cm³/mol. The fourth-order valence-corrected chi connectivity index (χ4v) is 3.61. The molecule has 10 heteroatoms. The largest absolute Gasteiger partial charge is 0.462 e. The highest BCUT2D eigenvalue weighted by Crippen LogP contribution is 2.33. The Hall–Kier alpha value is -2.38. The molecule has 8 nitrogen and oxygen atoms in total. The van der Waals surface area contributed by atoms with E-state index in [2.05, 4.69) is 20.5 Å². The number of carbonyl (C=O) groups is 2. The van der Waals surface area contributed by atoms with Gasteiger partial charge in [0.15, 0.2) is 0 Å². The van der Waals surface area contributed by atoms with Crippen molar-refractivity contribution in [2.45, 2.75) is 32.3 Å². The van der Waals surface area contributed by atoms with Gasteiger partial charge in [-0.2, -0.15) is 5.26 Å². The third kappa shape index (κ3) is 4.58. The van der Waals surface area contributed by atoms with Crippen molar-refractivity contribution in [1.29, 1.82) is 5.26 Å². The predicted octanol–water partition coefficient (Wildman–Crippen LogP) is 2.52. The molecule has 0 radical (unpaired) electrons. The highest BCUT2D eigenvalue weighted by molar-refractivity contribution is 7.99. The van der Waals surface area contributed by atoms with E-state index in [4.69, 9.17) is 4.74 Å². The number of aromatic nitrogens is 3. The molecule has 2 N–H and O–H groups in total. The Morgan fingerprint density at radius 2 is 2.20 bits per heavy atom. The molecule has 0 spiro atoms. The lowest BCUT2D eigenvalue weighted by atomic mass is 10.2. The van der Waals surface area contributed by atoms with Crippen LogP contribution < -0.4 is 5.32 Å². The normalized spacial score (nSPS) is 10.3. The van der Waals surface area contributed by atoms with Gasteiger partial charge in [0, 0.05) is 6.42 Å². The number of thiophene rings is 1. The molecule has 1 amide bonds. The van der Waals surface area contributed by atoms with E-state index < -0.39 is 5.97 Å². The van der Waals surface area contributed by atoms with E-state index in [9.17, 15) is 14.9 Å². The molecule has 0 aliphatic rings. The van der Waals surface area contributed by atoms with Crippen molar-refractivity contribution < 1.29 is 14.3 Å². The van der Waals surface area contributed by atoms with E-state index in [1.54, 1.807) is 13.8 Å². The summed E-state index contributed by atoms with van der Waals surface area (Å²) in [5, 5.41) is 19.6. The molecule has 0 atom stereocenters. The Morgan fingerprint density at radius 3 is 2.80 bits per heavy atom. The third-order valence-electron chi connectivity index (χ3n) is 3.15. The summed E-state index contributed by atoms with van der Waals surface area (Å²) in [5.74, 6) is 0.0465. The second-order valence-electron chi connectivity index (χ2n) is 4.85. The summed E-state index contributed by atoms with van der Waals surface area (Å²) >= 11 is 2.23. The minimum Gasteiger partial charge on any atom is -0.462 e. The number of anilines is 1. The van der Waals surface area contributed by atoms with E-state index in [0.29, 0.717) is 20.6 Å². The molecule has 2 rings (SSSR count). The number of hydrogen-bond acceptors (Lipinski definition) is 8. The molecule has 2 heterocycles. The first-order chi connectivity index (χ1) is 12.0. The van der Waals surface area contributed by atoms with Gasteiger partial charge in [0.1, 0.15) is 21.8 Å². The number of ether oxygens (including phenoxy) is 1. The van der Waals surface area contributed by atoms with Crippen LogP contribution in [-0.4, -0.2) is 39.4 Å². The number of hydrogen-bond donors (Lipinski definition) is 2. The van der Waals surface area contributed by atoms with Gasteiger partial charge < -0.3 is 10.1 Å². The quantitative estimate of drug-likeness (QED) is 0.560. The van der Waals surface area contributed by atoms with Crippen molar-refractivity contribution in [3.05, 3.63) is 21.8 Å².